The lowest BCUT2D eigenvalue weighted by atomic mass is 10.1. The lowest BCUT2D eigenvalue weighted by molar-refractivity contribution is 0.0467. The highest BCUT2D eigenvalue weighted by Gasteiger charge is 2.35. The molecular weight excluding hydrogens is 526 g/mol. The third-order valence-electron chi connectivity index (χ3n) is 6.16. The third-order valence-corrected chi connectivity index (χ3v) is 6.72. The van der Waals surface area contributed by atoms with E-state index in [2.05, 4.69) is 54.2 Å². The number of anilines is 2. The summed E-state index contributed by atoms with van der Waals surface area (Å²) in [4.78, 5) is 34.2. The molecule has 1 saturated heterocycles. The monoisotopic (exact) mass is 555 g/mol. The molecule has 0 unspecified atom stereocenters. The second-order valence-corrected chi connectivity index (χ2v) is 10.4. The Balaban J connectivity index is 1.40. The van der Waals surface area contributed by atoms with Gasteiger partial charge in [0.25, 0.3) is 0 Å². The van der Waals surface area contributed by atoms with E-state index in [4.69, 9.17) is 14.7 Å². The number of rotatable bonds is 5. The van der Waals surface area contributed by atoms with Gasteiger partial charge >= 0.3 is 6.09 Å². The molecule has 1 fully saturated rings. The molecule has 5 rings (SSSR count). The highest BCUT2D eigenvalue weighted by atomic mass is 79.9. The predicted octanol–water partition coefficient (Wildman–Crippen LogP) is 4.13. The number of ether oxygens (including phenoxy) is 1. The maximum absolute atomic E-state index is 12.6. The van der Waals surface area contributed by atoms with E-state index in [0.717, 1.165) is 21.3 Å². The van der Waals surface area contributed by atoms with Crippen LogP contribution in [0.15, 0.2) is 28.9 Å². The number of fused-ring (bicyclic) bond motifs is 2. The van der Waals surface area contributed by atoms with E-state index < -0.39 is 0 Å². The normalized spacial score (nSPS) is 18.4. The van der Waals surface area contributed by atoms with Gasteiger partial charge < -0.3 is 19.9 Å². The number of hydrogen-bond donors (Lipinski definition) is 2. The zero-order valence-corrected chi connectivity index (χ0v) is 22.6. The van der Waals surface area contributed by atoms with E-state index in [0.29, 0.717) is 37.2 Å². The van der Waals surface area contributed by atoms with Gasteiger partial charge in [0.05, 0.1) is 46.4 Å². The van der Waals surface area contributed by atoms with Crippen LogP contribution in [0.25, 0.3) is 16.7 Å². The summed E-state index contributed by atoms with van der Waals surface area (Å²) >= 11 is 3.55. The van der Waals surface area contributed by atoms with Crippen molar-refractivity contribution in [2.75, 3.05) is 23.3 Å². The fourth-order valence-electron chi connectivity index (χ4n) is 4.63. The van der Waals surface area contributed by atoms with Crippen molar-refractivity contribution < 1.29 is 9.53 Å². The number of carbonyl (C=O) groups is 1. The van der Waals surface area contributed by atoms with E-state index in [1.165, 1.54) is 5.56 Å². The van der Waals surface area contributed by atoms with Crippen molar-refractivity contribution in [3.63, 3.8) is 0 Å². The number of amides is 1. The van der Waals surface area contributed by atoms with Gasteiger partial charge in [-0.2, -0.15) is 19.6 Å². The smallest absolute Gasteiger partial charge is 0.410 e. The fraction of sp³-hybridized carbons (Fsp3) is 0.458. The maximum Gasteiger partial charge on any atom is 0.410 e. The Morgan fingerprint density at radius 3 is 2.69 bits per heavy atom. The van der Waals surface area contributed by atoms with Gasteiger partial charge in [-0.3, -0.25) is 4.90 Å². The molecule has 0 aliphatic carbocycles. The number of piperazine rings is 1. The molecule has 0 spiro atoms. The van der Waals surface area contributed by atoms with Gasteiger partial charge in [0.1, 0.15) is 5.82 Å². The molecule has 0 radical (unpaired) electrons. The second-order valence-electron chi connectivity index (χ2n) is 9.58. The molecule has 1 aliphatic heterocycles. The van der Waals surface area contributed by atoms with E-state index in [1.54, 1.807) is 15.6 Å². The molecule has 2 N–H and O–H groups in total. The highest BCUT2D eigenvalue weighted by Crippen LogP contribution is 2.25. The number of benzene rings is 1. The number of imidazole rings is 1. The Hall–Kier alpha value is -3.41. The minimum atomic E-state index is -0.289. The van der Waals surface area contributed by atoms with Gasteiger partial charge in [0.2, 0.25) is 11.9 Å². The van der Waals surface area contributed by atoms with Crippen molar-refractivity contribution in [2.45, 2.75) is 59.4 Å². The van der Waals surface area contributed by atoms with E-state index in [-0.39, 0.29) is 24.3 Å². The summed E-state index contributed by atoms with van der Waals surface area (Å²) in [5, 5.41) is 7.79. The zero-order chi connectivity index (χ0) is 25.6. The Kier molecular flexibility index (Phi) is 6.45. The number of halogens is 1. The van der Waals surface area contributed by atoms with Crippen LogP contribution in [0.2, 0.25) is 0 Å². The summed E-state index contributed by atoms with van der Waals surface area (Å²) in [6.45, 7) is 11.4. The quantitative estimate of drug-likeness (QED) is 0.377. The molecular formula is C24H30BrN9O2. The molecule has 4 heterocycles. The first-order chi connectivity index (χ1) is 17.2. The van der Waals surface area contributed by atoms with Gasteiger partial charge in [-0.1, -0.05) is 6.07 Å². The van der Waals surface area contributed by atoms with E-state index in [9.17, 15) is 4.79 Å². The van der Waals surface area contributed by atoms with Gasteiger partial charge in [-0.15, -0.1) is 0 Å². The van der Waals surface area contributed by atoms with E-state index in [1.807, 2.05) is 39.8 Å². The Morgan fingerprint density at radius 1 is 1.22 bits per heavy atom. The first kappa shape index (κ1) is 24.3. The molecule has 11 nitrogen and oxygen atoms in total. The first-order valence-electron chi connectivity index (χ1n) is 12.0. The lowest BCUT2D eigenvalue weighted by Gasteiger charge is -2.43. The molecule has 36 heavy (non-hydrogen) atoms. The summed E-state index contributed by atoms with van der Waals surface area (Å²) in [6, 6.07) is 6.00. The van der Waals surface area contributed by atoms with Crippen LogP contribution >= 0.6 is 15.9 Å². The molecule has 1 aliphatic rings. The summed E-state index contributed by atoms with van der Waals surface area (Å²) in [7, 11) is 0. The van der Waals surface area contributed by atoms with Crippen LogP contribution in [0, 0.1) is 6.92 Å². The molecule has 4 aromatic rings. The van der Waals surface area contributed by atoms with Crippen LogP contribution in [0.4, 0.5) is 16.7 Å². The number of nitrogens with one attached hydrogen (secondary N) is 2. The molecule has 1 amide bonds. The Bertz CT molecular complexity index is 1400. The lowest BCUT2D eigenvalue weighted by Crippen LogP contribution is -2.59. The predicted molar refractivity (Wildman–Crippen MR) is 141 cm³/mol. The fourth-order valence-corrected chi connectivity index (χ4v) is 4.97. The average molecular weight is 556 g/mol. The van der Waals surface area contributed by atoms with Crippen molar-refractivity contribution in [3.8, 4) is 0 Å². The summed E-state index contributed by atoms with van der Waals surface area (Å²) < 4.78 is 7.90. The number of aromatic amines is 1. The second kappa shape index (κ2) is 9.57. The van der Waals surface area contributed by atoms with Crippen LogP contribution in [-0.4, -0.2) is 71.8 Å². The minimum Gasteiger partial charge on any atom is -0.447 e. The van der Waals surface area contributed by atoms with Crippen molar-refractivity contribution >= 4 is 50.6 Å². The zero-order valence-electron chi connectivity index (χ0n) is 21.0. The number of hydrogen-bond acceptors (Lipinski definition) is 8. The van der Waals surface area contributed by atoms with Crippen LogP contribution < -0.4 is 10.2 Å². The number of aromatic nitrogens is 6. The molecule has 0 saturated carbocycles. The SMILES string of the molecule is Cc1ccc2nc(CNc3nc(N4C[C@@H](C)N(C(=O)OC(C)C)[C@@H](C)C4)nc4c(Br)cnn34)[nH]c2c1. The van der Waals surface area contributed by atoms with Crippen LogP contribution in [-0.2, 0) is 11.3 Å². The van der Waals surface area contributed by atoms with Gasteiger partial charge in [0.15, 0.2) is 5.65 Å². The van der Waals surface area contributed by atoms with Crippen molar-refractivity contribution in [1.29, 1.82) is 0 Å². The molecule has 190 valence electrons. The molecule has 0 bridgehead atoms. The maximum atomic E-state index is 12.6. The first-order valence-corrected chi connectivity index (χ1v) is 12.8. The molecule has 12 heteroatoms. The summed E-state index contributed by atoms with van der Waals surface area (Å²) in [6.07, 6.45) is 1.25. The van der Waals surface area contributed by atoms with Crippen molar-refractivity contribution in [3.05, 3.63) is 40.3 Å². The molecule has 1 aromatic carbocycles. The largest absolute Gasteiger partial charge is 0.447 e. The van der Waals surface area contributed by atoms with Crippen molar-refractivity contribution in [1.82, 2.24) is 34.4 Å². The molecule has 3 aromatic heterocycles. The Morgan fingerprint density at radius 2 is 1.97 bits per heavy atom. The summed E-state index contributed by atoms with van der Waals surface area (Å²) in [5.74, 6) is 1.93. The van der Waals surface area contributed by atoms with E-state index >= 15 is 0 Å². The minimum absolute atomic E-state index is 0.0661. The third kappa shape index (κ3) is 4.69. The number of H-pyrrole nitrogens is 1. The van der Waals surface area contributed by atoms with Gasteiger partial charge in [-0.05, 0) is 68.2 Å². The van der Waals surface area contributed by atoms with Crippen LogP contribution in [0.5, 0.6) is 0 Å². The van der Waals surface area contributed by atoms with Crippen LogP contribution in [0.1, 0.15) is 39.1 Å². The number of carbonyl (C=O) groups excluding carboxylic acids is 1. The average Bonchev–Trinajstić information content (AvgIpc) is 3.39. The Labute approximate surface area is 217 Å². The standard InChI is InChI=1S/C24H30BrN9O2/c1-13(2)36-24(35)33-15(4)11-32(12-16(33)5)23-30-21-17(25)9-27-34(21)22(31-23)26-10-20-28-18-7-6-14(3)8-19(18)29-20/h6-9,13,15-16H,10-12H2,1-5H3,(H,28,29)(H,26,30,31)/t15-,16+. The van der Waals surface area contributed by atoms with Gasteiger partial charge in [-0.25, -0.2) is 9.78 Å². The number of aryl methyl sites for hydroxylation is 1. The summed E-state index contributed by atoms with van der Waals surface area (Å²) in [5.41, 5.74) is 3.75. The van der Waals surface area contributed by atoms with Gasteiger partial charge in [0, 0.05) is 13.1 Å². The van der Waals surface area contributed by atoms with Crippen molar-refractivity contribution in [2.24, 2.45) is 0 Å². The molecule has 2 atom stereocenters. The number of nitrogens with zero attached hydrogens (tertiary/aromatic N) is 7. The topological polar surface area (TPSA) is 117 Å². The highest BCUT2D eigenvalue weighted by molar-refractivity contribution is 9.10. The van der Waals surface area contributed by atoms with Crippen LogP contribution in [0.3, 0.4) is 0 Å².